The van der Waals surface area contributed by atoms with E-state index < -0.39 is 17.4 Å². The molecule has 0 radical (unpaired) electrons. The van der Waals surface area contributed by atoms with Gasteiger partial charge in [0.2, 0.25) is 0 Å². The Morgan fingerprint density at radius 3 is 2.58 bits per heavy atom. The Balaban J connectivity index is 2.20. The standard InChI is InChI=1S/C12H17N3O3S/c1-6(2)8-9(19-15-14-8)10(16)13-12(3,11(17)18)7-4-5-7/h6-7H,4-5H2,1-3H3,(H,13,16)(H,17,18). The topological polar surface area (TPSA) is 92.2 Å². The Morgan fingerprint density at radius 2 is 2.11 bits per heavy atom. The molecule has 0 aromatic carbocycles. The number of carboxylic acid groups (broad SMARTS) is 1. The third-order valence-electron chi connectivity index (χ3n) is 3.48. The quantitative estimate of drug-likeness (QED) is 0.857. The smallest absolute Gasteiger partial charge is 0.329 e. The molecular formula is C12H17N3O3S. The fourth-order valence-corrected chi connectivity index (χ4v) is 2.73. The van der Waals surface area contributed by atoms with E-state index in [4.69, 9.17) is 0 Å². The zero-order valence-corrected chi connectivity index (χ0v) is 12.0. The summed E-state index contributed by atoms with van der Waals surface area (Å²) in [6.07, 6.45) is 1.67. The monoisotopic (exact) mass is 283 g/mol. The van der Waals surface area contributed by atoms with Crippen LogP contribution in [-0.2, 0) is 4.79 Å². The SMILES string of the molecule is CC(C)c1nnsc1C(=O)NC(C)(C(=O)O)C1CC1. The lowest BCUT2D eigenvalue weighted by molar-refractivity contribution is -0.144. The van der Waals surface area contributed by atoms with Crippen LogP contribution in [0.15, 0.2) is 0 Å². The van der Waals surface area contributed by atoms with Crippen LogP contribution in [-0.4, -0.2) is 32.1 Å². The Labute approximate surface area is 115 Å². The van der Waals surface area contributed by atoms with Crippen molar-refractivity contribution in [3.63, 3.8) is 0 Å². The minimum absolute atomic E-state index is 0.0114. The first-order valence-corrected chi connectivity index (χ1v) is 7.01. The predicted octanol–water partition coefficient (Wildman–Crippen LogP) is 1.64. The molecule has 0 aliphatic heterocycles. The Kier molecular flexibility index (Phi) is 3.58. The minimum atomic E-state index is -1.20. The molecule has 1 fully saturated rings. The van der Waals surface area contributed by atoms with Crippen LogP contribution in [0.3, 0.4) is 0 Å². The Hall–Kier alpha value is -1.50. The van der Waals surface area contributed by atoms with Gasteiger partial charge in [0.05, 0.1) is 5.69 Å². The molecule has 1 unspecified atom stereocenters. The molecule has 7 heteroatoms. The highest BCUT2D eigenvalue weighted by Crippen LogP contribution is 2.40. The van der Waals surface area contributed by atoms with Crippen molar-refractivity contribution in [2.24, 2.45) is 5.92 Å². The molecule has 1 saturated carbocycles. The summed E-state index contributed by atoms with van der Waals surface area (Å²) in [6.45, 7) is 5.41. The van der Waals surface area contributed by atoms with Gasteiger partial charge in [-0.25, -0.2) is 4.79 Å². The van der Waals surface area contributed by atoms with Crippen LogP contribution in [0.5, 0.6) is 0 Å². The fourth-order valence-electron chi connectivity index (χ4n) is 2.02. The Bertz CT molecular complexity index is 510. The molecule has 1 heterocycles. The molecule has 1 aromatic heterocycles. The van der Waals surface area contributed by atoms with Gasteiger partial charge < -0.3 is 10.4 Å². The van der Waals surface area contributed by atoms with Crippen molar-refractivity contribution in [1.29, 1.82) is 0 Å². The average Bonchev–Trinajstić information content (AvgIpc) is 3.05. The first-order chi connectivity index (χ1) is 8.86. The van der Waals surface area contributed by atoms with E-state index in [0.717, 1.165) is 24.4 Å². The van der Waals surface area contributed by atoms with Gasteiger partial charge in [0, 0.05) is 0 Å². The lowest BCUT2D eigenvalue weighted by Gasteiger charge is -2.25. The van der Waals surface area contributed by atoms with Crippen LogP contribution < -0.4 is 5.32 Å². The largest absolute Gasteiger partial charge is 0.480 e. The van der Waals surface area contributed by atoms with E-state index in [0.29, 0.717) is 10.6 Å². The van der Waals surface area contributed by atoms with Crippen molar-refractivity contribution in [2.45, 2.75) is 45.1 Å². The Morgan fingerprint density at radius 1 is 1.47 bits per heavy atom. The average molecular weight is 283 g/mol. The molecule has 1 aliphatic rings. The molecule has 2 rings (SSSR count). The molecule has 0 bridgehead atoms. The molecule has 0 saturated heterocycles. The normalized spacial score (nSPS) is 18.1. The molecule has 1 atom stereocenters. The summed E-state index contributed by atoms with van der Waals surface area (Å²) in [6, 6.07) is 0. The van der Waals surface area contributed by atoms with E-state index >= 15 is 0 Å². The van der Waals surface area contributed by atoms with Crippen LogP contribution >= 0.6 is 11.5 Å². The minimum Gasteiger partial charge on any atom is -0.480 e. The second-order valence-corrected chi connectivity index (χ2v) is 6.13. The maximum atomic E-state index is 12.2. The van der Waals surface area contributed by atoms with Crippen LogP contribution in [0.1, 0.15) is 54.9 Å². The van der Waals surface area contributed by atoms with Crippen molar-refractivity contribution in [1.82, 2.24) is 14.9 Å². The summed E-state index contributed by atoms with van der Waals surface area (Å²) >= 11 is 1.00. The first-order valence-electron chi connectivity index (χ1n) is 6.24. The maximum absolute atomic E-state index is 12.2. The highest BCUT2D eigenvalue weighted by Gasteiger charge is 2.49. The van der Waals surface area contributed by atoms with Gasteiger partial charge in [-0.15, -0.1) is 5.10 Å². The lowest BCUT2D eigenvalue weighted by Crippen LogP contribution is -2.54. The fraction of sp³-hybridized carbons (Fsp3) is 0.667. The number of carbonyl (C=O) groups excluding carboxylic acids is 1. The molecule has 2 N–H and O–H groups in total. The second kappa shape index (κ2) is 4.88. The second-order valence-electron chi connectivity index (χ2n) is 5.38. The molecule has 1 amide bonds. The van der Waals surface area contributed by atoms with Crippen molar-refractivity contribution in [2.75, 3.05) is 0 Å². The van der Waals surface area contributed by atoms with Crippen LogP contribution in [0, 0.1) is 5.92 Å². The van der Waals surface area contributed by atoms with Gasteiger partial charge in [-0.3, -0.25) is 4.79 Å². The van der Waals surface area contributed by atoms with Gasteiger partial charge in [0.1, 0.15) is 10.4 Å². The summed E-state index contributed by atoms with van der Waals surface area (Å²) in [5.74, 6) is -1.30. The highest BCUT2D eigenvalue weighted by atomic mass is 32.1. The third kappa shape index (κ3) is 2.60. The number of carboxylic acids is 1. The molecular weight excluding hydrogens is 266 g/mol. The molecule has 1 aliphatic carbocycles. The predicted molar refractivity (Wildman–Crippen MR) is 70.2 cm³/mol. The summed E-state index contributed by atoms with van der Waals surface area (Å²) in [7, 11) is 0. The number of hydrogen-bond acceptors (Lipinski definition) is 5. The molecule has 0 spiro atoms. The van der Waals surface area contributed by atoms with Crippen LogP contribution in [0.25, 0.3) is 0 Å². The number of nitrogens with one attached hydrogen (secondary N) is 1. The molecule has 19 heavy (non-hydrogen) atoms. The van der Waals surface area contributed by atoms with Crippen LogP contribution in [0.4, 0.5) is 0 Å². The van der Waals surface area contributed by atoms with Gasteiger partial charge in [-0.2, -0.15) is 0 Å². The molecule has 1 aromatic rings. The number of aromatic nitrogens is 2. The van der Waals surface area contributed by atoms with Gasteiger partial charge in [-0.05, 0) is 43.1 Å². The first kappa shape index (κ1) is 13.9. The van der Waals surface area contributed by atoms with E-state index in [1.54, 1.807) is 6.92 Å². The number of amides is 1. The van der Waals surface area contributed by atoms with Gasteiger partial charge in [0.25, 0.3) is 5.91 Å². The lowest BCUT2D eigenvalue weighted by atomic mass is 9.95. The molecule has 6 nitrogen and oxygen atoms in total. The number of aliphatic carboxylic acids is 1. The van der Waals surface area contributed by atoms with Crippen molar-refractivity contribution >= 4 is 23.4 Å². The number of nitrogens with zero attached hydrogens (tertiary/aromatic N) is 2. The number of rotatable bonds is 5. The number of carbonyl (C=O) groups is 2. The summed E-state index contributed by atoms with van der Waals surface area (Å²) in [5, 5.41) is 15.9. The van der Waals surface area contributed by atoms with Crippen LogP contribution in [0.2, 0.25) is 0 Å². The van der Waals surface area contributed by atoms with Gasteiger partial charge >= 0.3 is 5.97 Å². The van der Waals surface area contributed by atoms with Crippen molar-refractivity contribution in [3.05, 3.63) is 10.6 Å². The van der Waals surface area contributed by atoms with Crippen molar-refractivity contribution < 1.29 is 14.7 Å². The van der Waals surface area contributed by atoms with E-state index in [-0.39, 0.29) is 11.8 Å². The van der Waals surface area contributed by atoms with Gasteiger partial charge in [0.15, 0.2) is 0 Å². The summed E-state index contributed by atoms with van der Waals surface area (Å²) in [5.41, 5.74) is -0.582. The summed E-state index contributed by atoms with van der Waals surface area (Å²) in [4.78, 5) is 24.0. The zero-order valence-electron chi connectivity index (χ0n) is 11.1. The van der Waals surface area contributed by atoms with Gasteiger partial charge in [-0.1, -0.05) is 18.3 Å². The number of hydrogen-bond donors (Lipinski definition) is 2. The van der Waals surface area contributed by atoms with E-state index in [2.05, 4.69) is 14.9 Å². The zero-order chi connectivity index (χ0) is 14.2. The van der Waals surface area contributed by atoms with E-state index in [1.165, 1.54) is 0 Å². The van der Waals surface area contributed by atoms with E-state index in [9.17, 15) is 14.7 Å². The maximum Gasteiger partial charge on any atom is 0.329 e. The van der Waals surface area contributed by atoms with Crippen molar-refractivity contribution in [3.8, 4) is 0 Å². The third-order valence-corrected chi connectivity index (χ3v) is 4.22. The molecule has 104 valence electrons. The summed E-state index contributed by atoms with van der Waals surface area (Å²) < 4.78 is 3.78. The van der Waals surface area contributed by atoms with E-state index in [1.807, 2.05) is 13.8 Å². The highest BCUT2D eigenvalue weighted by molar-refractivity contribution is 7.08.